The Labute approximate surface area is 122 Å². The van der Waals surface area contributed by atoms with Gasteiger partial charge in [-0.3, -0.25) is 9.40 Å². The summed E-state index contributed by atoms with van der Waals surface area (Å²) in [5.74, 6) is -1.34. The highest BCUT2D eigenvalue weighted by atomic mass is 32.2. The zero-order chi connectivity index (χ0) is 15.6. The van der Waals surface area contributed by atoms with Crippen LogP contribution in [0.3, 0.4) is 0 Å². The number of carboxylic acids is 1. The first kappa shape index (κ1) is 15.0. The molecule has 7 nitrogen and oxygen atoms in total. The molecule has 8 heteroatoms. The molecular weight excluding hydrogens is 294 g/mol. The van der Waals surface area contributed by atoms with Crippen LogP contribution in [0.4, 0.5) is 5.69 Å². The first-order chi connectivity index (χ1) is 9.89. The highest BCUT2D eigenvalue weighted by Crippen LogP contribution is 2.26. The van der Waals surface area contributed by atoms with Crippen molar-refractivity contribution < 1.29 is 18.3 Å². The molecule has 0 saturated carbocycles. The van der Waals surface area contributed by atoms with Gasteiger partial charge in [0.2, 0.25) is 0 Å². The van der Waals surface area contributed by atoms with Gasteiger partial charge in [-0.15, -0.1) is 0 Å². The van der Waals surface area contributed by atoms with Crippen molar-refractivity contribution in [2.45, 2.75) is 18.9 Å². The van der Waals surface area contributed by atoms with E-state index in [2.05, 4.69) is 10.2 Å². The van der Waals surface area contributed by atoms with Crippen LogP contribution >= 0.6 is 0 Å². The normalized spacial score (nSPS) is 11.3. The van der Waals surface area contributed by atoms with Crippen molar-refractivity contribution in [3.63, 3.8) is 0 Å². The van der Waals surface area contributed by atoms with Crippen LogP contribution in [0.25, 0.3) is 0 Å². The van der Waals surface area contributed by atoms with E-state index in [4.69, 9.17) is 5.11 Å². The van der Waals surface area contributed by atoms with Gasteiger partial charge in [-0.05, 0) is 25.5 Å². The van der Waals surface area contributed by atoms with Crippen LogP contribution in [0.5, 0.6) is 0 Å². The molecule has 1 aromatic carbocycles. The SMILES string of the molecule is CCN(c1ccccc1C)S(=O)(=O)c1[nH]ncc1C(=O)O. The van der Waals surface area contributed by atoms with Crippen LogP contribution < -0.4 is 4.31 Å². The fraction of sp³-hybridized carbons (Fsp3) is 0.231. The Kier molecular flexibility index (Phi) is 3.99. The second-order valence-electron chi connectivity index (χ2n) is 4.37. The molecule has 1 heterocycles. The van der Waals surface area contributed by atoms with Crippen LogP contribution in [0.15, 0.2) is 35.5 Å². The third kappa shape index (κ3) is 2.62. The summed E-state index contributed by atoms with van der Waals surface area (Å²) in [6, 6.07) is 7.00. The highest BCUT2D eigenvalue weighted by Gasteiger charge is 2.31. The number of nitrogens with zero attached hydrogens (tertiary/aromatic N) is 2. The Bertz CT molecular complexity index is 767. The Hall–Kier alpha value is -2.35. The molecule has 0 amide bonds. The zero-order valence-electron chi connectivity index (χ0n) is 11.6. The third-order valence-corrected chi connectivity index (χ3v) is 4.92. The molecule has 0 saturated heterocycles. The lowest BCUT2D eigenvalue weighted by molar-refractivity contribution is 0.0692. The van der Waals surface area contributed by atoms with Gasteiger partial charge in [0.05, 0.1) is 11.9 Å². The molecule has 1 aromatic heterocycles. The number of aromatic nitrogens is 2. The number of carboxylic acid groups (broad SMARTS) is 1. The van der Waals surface area contributed by atoms with Gasteiger partial charge in [-0.2, -0.15) is 13.5 Å². The summed E-state index contributed by atoms with van der Waals surface area (Å²) in [7, 11) is -4.02. The molecule has 0 aliphatic rings. The molecule has 0 atom stereocenters. The molecule has 0 aliphatic carbocycles. The number of aromatic carboxylic acids is 1. The Morgan fingerprint density at radius 2 is 2.05 bits per heavy atom. The molecule has 21 heavy (non-hydrogen) atoms. The van der Waals surface area contributed by atoms with Crippen LogP contribution in [0, 0.1) is 6.92 Å². The van der Waals surface area contributed by atoms with Gasteiger partial charge in [0.25, 0.3) is 10.0 Å². The fourth-order valence-corrected chi connectivity index (χ4v) is 3.66. The maximum atomic E-state index is 12.7. The molecule has 0 unspecified atom stereocenters. The van der Waals surface area contributed by atoms with E-state index in [1.807, 2.05) is 0 Å². The van der Waals surface area contributed by atoms with Crippen molar-refractivity contribution in [3.8, 4) is 0 Å². The smallest absolute Gasteiger partial charge is 0.340 e. The molecule has 2 N–H and O–H groups in total. The molecular formula is C13H15N3O4S. The van der Waals surface area contributed by atoms with Gasteiger partial charge in [0.1, 0.15) is 5.56 Å². The summed E-state index contributed by atoms with van der Waals surface area (Å²) in [4.78, 5) is 11.1. The molecule has 2 rings (SSSR count). The highest BCUT2D eigenvalue weighted by molar-refractivity contribution is 7.92. The number of nitrogens with one attached hydrogen (secondary N) is 1. The molecule has 2 aromatic rings. The number of aromatic amines is 1. The van der Waals surface area contributed by atoms with E-state index in [9.17, 15) is 13.2 Å². The molecule has 0 fully saturated rings. The minimum atomic E-state index is -4.02. The van der Waals surface area contributed by atoms with E-state index < -0.39 is 21.0 Å². The first-order valence-electron chi connectivity index (χ1n) is 6.24. The van der Waals surface area contributed by atoms with E-state index in [0.717, 1.165) is 16.1 Å². The van der Waals surface area contributed by atoms with Crippen LogP contribution in [-0.4, -0.2) is 36.2 Å². The lowest BCUT2D eigenvalue weighted by Gasteiger charge is -2.23. The van der Waals surface area contributed by atoms with Crippen molar-refractivity contribution in [2.75, 3.05) is 10.8 Å². The summed E-state index contributed by atoms with van der Waals surface area (Å²) in [5, 5.41) is 14.4. The van der Waals surface area contributed by atoms with Crippen molar-refractivity contribution in [2.24, 2.45) is 0 Å². The van der Waals surface area contributed by atoms with Crippen LogP contribution in [0.2, 0.25) is 0 Å². The fourth-order valence-electron chi connectivity index (χ4n) is 2.05. The van der Waals surface area contributed by atoms with E-state index in [1.165, 1.54) is 0 Å². The van der Waals surface area contributed by atoms with Crippen molar-refractivity contribution >= 4 is 21.7 Å². The van der Waals surface area contributed by atoms with E-state index in [-0.39, 0.29) is 12.1 Å². The van der Waals surface area contributed by atoms with Gasteiger partial charge in [0.15, 0.2) is 5.03 Å². The zero-order valence-corrected chi connectivity index (χ0v) is 12.4. The van der Waals surface area contributed by atoms with Crippen LogP contribution in [-0.2, 0) is 10.0 Å². The molecule has 0 bridgehead atoms. The number of rotatable bonds is 5. The molecule has 0 aliphatic heterocycles. The predicted octanol–water partition coefficient (Wildman–Crippen LogP) is 1.63. The Balaban J connectivity index is 2.58. The van der Waals surface area contributed by atoms with Gasteiger partial charge < -0.3 is 5.11 Å². The minimum absolute atomic E-state index is 0.172. The summed E-state index contributed by atoms with van der Waals surface area (Å²) < 4.78 is 26.5. The Morgan fingerprint density at radius 1 is 1.38 bits per heavy atom. The molecule has 0 radical (unpaired) electrons. The maximum absolute atomic E-state index is 12.7. The van der Waals surface area contributed by atoms with Crippen molar-refractivity contribution in [3.05, 3.63) is 41.6 Å². The number of sulfonamides is 1. The number of carbonyl (C=O) groups is 1. The average molecular weight is 309 g/mol. The van der Waals surface area contributed by atoms with Gasteiger partial charge >= 0.3 is 5.97 Å². The lowest BCUT2D eigenvalue weighted by Crippen LogP contribution is -2.32. The monoisotopic (exact) mass is 309 g/mol. The number of aryl methyl sites for hydroxylation is 1. The summed E-state index contributed by atoms with van der Waals surface area (Å²) in [6.07, 6.45) is 0.987. The summed E-state index contributed by atoms with van der Waals surface area (Å²) in [6.45, 7) is 3.64. The number of benzene rings is 1. The topological polar surface area (TPSA) is 103 Å². The van der Waals surface area contributed by atoms with Crippen LogP contribution in [0.1, 0.15) is 22.8 Å². The standard InChI is InChI=1S/C13H15N3O4S/c1-3-16(11-7-5-4-6-9(11)2)21(19,20)12-10(13(17)18)8-14-15-12/h4-8H,3H2,1-2H3,(H,14,15)(H,17,18). The average Bonchev–Trinajstić information content (AvgIpc) is 2.91. The van der Waals surface area contributed by atoms with E-state index in [0.29, 0.717) is 5.69 Å². The molecule has 0 spiro atoms. The molecule has 112 valence electrons. The summed E-state index contributed by atoms with van der Waals surface area (Å²) >= 11 is 0. The van der Waals surface area contributed by atoms with E-state index >= 15 is 0 Å². The Morgan fingerprint density at radius 3 is 2.62 bits per heavy atom. The lowest BCUT2D eigenvalue weighted by atomic mass is 10.2. The number of para-hydroxylation sites is 1. The number of hydrogen-bond acceptors (Lipinski definition) is 4. The largest absolute Gasteiger partial charge is 0.478 e. The van der Waals surface area contributed by atoms with Crippen molar-refractivity contribution in [1.29, 1.82) is 0 Å². The van der Waals surface area contributed by atoms with Crippen molar-refractivity contribution in [1.82, 2.24) is 10.2 Å². The minimum Gasteiger partial charge on any atom is -0.478 e. The quantitative estimate of drug-likeness (QED) is 0.873. The second kappa shape index (κ2) is 5.57. The summed E-state index contributed by atoms with van der Waals surface area (Å²) in [5.41, 5.74) is 0.910. The van der Waals surface area contributed by atoms with Gasteiger partial charge in [0, 0.05) is 6.54 Å². The second-order valence-corrected chi connectivity index (χ2v) is 6.17. The number of H-pyrrole nitrogens is 1. The maximum Gasteiger partial charge on any atom is 0.340 e. The van der Waals surface area contributed by atoms with Gasteiger partial charge in [-0.25, -0.2) is 4.79 Å². The number of hydrogen-bond donors (Lipinski definition) is 2. The predicted molar refractivity (Wildman–Crippen MR) is 76.9 cm³/mol. The third-order valence-electron chi connectivity index (χ3n) is 3.05. The number of anilines is 1. The first-order valence-corrected chi connectivity index (χ1v) is 7.68. The van der Waals surface area contributed by atoms with E-state index in [1.54, 1.807) is 38.1 Å². The van der Waals surface area contributed by atoms with Gasteiger partial charge in [-0.1, -0.05) is 18.2 Å².